The Morgan fingerprint density at radius 1 is 0.786 bits per heavy atom. The molecule has 0 aliphatic rings. The second-order valence-corrected chi connectivity index (χ2v) is 5.95. The first kappa shape index (κ1) is 19.2. The number of anilines is 2. The van der Waals surface area contributed by atoms with E-state index >= 15 is 0 Å². The predicted molar refractivity (Wildman–Crippen MR) is 99.9 cm³/mol. The highest BCUT2D eigenvalue weighted by atomic mass is 19.2. The van der Waals surface area contributed by atoms with Crippen molar-refractivity contribution in [1.29, 1.82) is 0 Å². The number of carbonyl (C=O) groups is 2. The van der Waals surface area contributed by atoms with Gasteiger partial charge in [0, 0.05) is 23.9 Å². The molecule has 28 heavy (non-hydrogen) atoms. The molecular weight excluding hydrogens is 369 g/mol. The molecular formula is C21H15F3N2O2. The van der Waals surface area contributed by atoms with E-state index in [2.05, 4.69) is 5.32 Å². The van der Waals surface area contributed by atoms with Crippen molar-refractivity contribution in [3.8, 4) is 0 Å². The van der Waals surface area contributed by atoms with E-state index in [4.69, 9.17) is 0 Å². The number of hydrogen-bond donors (Lipinski definition) is 1. The number of carbonyl (C=O) groups excluding carboxylic acids is 2. The van der Waals surface area contributed by atoms with Crippen molar-refractivity contribution in [2.24, 2.45) is 0 Å². The summed E-state index contributed by atoms with van der Waals surface area (Å²) in [5, 5.41) is 2.18. The summed E-state index contributed by atoms with van der Waals surface area (Å²) in [6, 6.07) is 16.4. The third kappa shape index (κ3) is 3.88. The first-order valence-electron chi connectivity index (χ1n) is 8.26. The maximum Gasteiger partial charge on any atom is 0.258 e. The fourth-order valence-electron chi connectivity index (χ4n) is 2.54. The number of rotatable bonds is 4. The van der Waals surface area contributed by atoms with Crippen molar-refractivity contribution in [1.82, 2.24) is 0 Å². The molecule has 0 heterocycles. The Balaban J connectivity index is 1.74. The number of hydrogen-bond acceptors (Lipinski definition) is 2. The molecule has 142 valence electrons. The fourth-order valence-corrected chi connectivity index (χ4v) is 2.54. The van der Waals surface area contributed by atoms with Crippen molar-refractivity contribution in [3.63, 3.8) is 0 Å². The third-order valence-corrected chi connectivity index (χ3v) is 4.13. The molecule has 4 nitrogen and oxygen atoms in total. The van der Waals surface area contributed by atoms with Gasteiger partial charge in [-0.1, -0.05) is 18.2 Å². The SMILES string of the molecule is CN(C(=O)c1ccc(C(=O)Nc2ccc(F)c(F)c2F)cc1)c1ccccc1. The van der Waals surface area contributed by atoms with Crippen LogP contribution in [-0.2, 0) is 0 Å². The fraction of sp³-hybridized carbons (Fsp3) is 0.0476. The number of amides is 2. The van der Waals surface area contributed by atoms with Crippen LogP contribution >= 0.6 is 0 Å². The highest BCUT2D eigenvalue weighted by Gasteiger charge is 2.17. The van der Waals surface area contributed by atoms with Crippen molar-refractivity contribution in [2.45, 2.75) is 0 Å². The lowest BCUT2D eigenvalue weighted by atomic mass is 10.1. The number of nitrogens with one attached hydrogen (secondary N) is 1. The van der Waals surface area contributed by atoms with Crippen LogP contribution in [0.15, 0.2) is 66.7 Å². The largest absolute Gasteiger partial charge is 0.319 e. The quantitative estimate of drug-likeness (QED) is 0.667. The maximum atomic E-state index is 13.7. The van der Waals surface area contributed by atoms with Crippen LogP contribution < -0.4 is 10.2 Å². The second kappa shape index (κ2) is 7.96. The van der Waals surface area contributed by atoms with E-state index in [0.29, 0.717) is 11.3 Å². The Morgan fingerprint density at radius 2 is 1.39 bits per heavy atom. The minimum absolute atomic E-state index is 0.128. The van der Waals surface area contributed by atoms with Gasteiger partial charge >= 0.3 is 0 Å². The van der Waals surface area contributed by atoms with Gasteiger partial charge in [0.2, 0.25) is 0 Å². The molecule has 0 unspecified atom stereocenters. The molecule has 0 radical (unpaired) electrons. The molecule has 1 N–H and O–H groups in total. The summed E-state index contributed by atoms with van der Waals surface area (Å²) in [4.78, 5) is 26.2. The van der Waals surface area contributed by atoms with Gasteiger partial charge in [0.15, 0.2) is 17.5 Å². The summed E-state index contributed by atoms with van der Waals surface area (Å²) in [6.45, 7) is 0. The van der Waals surface area contributed by atoms with Crippen LogP contribution in [0.1, 0.15) is 20.7 Å². The molecule has 3 aromatic carbocycles. The zero-order chi connectivity index (χ0) is 20.3. The van der Waals surface area contributed by atoms with E-state index < -0.39 is 29.0 Å². The van der Waals surface area contributed by atoms with Gasteiger partial charge < -0.3 is 10.2 Å². The minimum atomic E-state index is -1.66. The molecule has 2 amide bonds. The Labute approximate surface area is 159 Å². The second-order valence-electron chi connectivity index (χ2n) is 5.95. The smallest absolute Gasteiger partial charge is 0.258 e. The van der Waals surface area contributed by atoms with Gasteiger partial charge in [-0.2, -0.15) is 0 Å². The van der Waals surface area contributed by atoms with Crippen molar-refractivity contribution >= 4 is 23.2 Å². The zero-order valence-corrected chi connectivity index (χ0v) is 14.7. The molecule has 0 saturated heterocycles. The summed E-state index contributed by atoms with van der Waals surface area (Å²) in [6.07, 6.45) is 0. The predicted octanol–water partition coefficient (Wildman–Crippen LogP) is 4.63. The topological polar surface area (TPSA) is 49.4 Å². The van der Waals surface area contributed by atoms with Gasteiger partial charge in [-0.15, -0.1) is 0 Å². The molecule has 0 saturated carbocycles. The van der Waals surface area contributed by atoms with E-state index in [9.17, 15) is 22.8 Å². The van der Waals surface area contributed by atoms with E-state index in [0.717, 1.165) is 12.1 Å². The molecule has 0 fully saturated rings. The minimum Gasteiger partial charge on any atom is -0.319 e. The van der Waals surface area contributed by atoms with E-state index in [1.165, 1.54) is 29.2 Å². The molecule has 0 aliphatic carbocycles. The summed E-state index contributed by atoms with van der Waals surface area (Å²) in [5.74, 6) is -5.49. The van der Waals surface area contributed by atoms with E-state index in [1.807, 2.05) is 18.2 Å². The summed E-state index contributed by atoms with van der Waals surface area (Å²) >= 11 is 0. The first-order valence-corrected chi connectivity index (χ1v) is 8.26. The molecule has 0 aliphatic heterocycles. The number of para-hydroxylation sites is 1. The standard InChI is InChI=1S/C21H15F3N2O2/c1-26(15-5-3-2-4-6-15)21(28)14-9-7-13(8-10-14)20(27)25-17-12-11-16(22)18(23)19(17)24/h2-12H,1H3,(H,25,27). The Hall–Kier alpha value is -3.61. The number of halogens is 3. The third-order valence-electron chi connectivity index (χ3n) is 4.13. The average molecular weight is 384 g/mol. The monoisotopic (exact) mass is 384 g/mol. The highest BCUT2D eigenvalue weighted by Crippen LogP contribution is 2.21. The van der Waals surface area contributed by atoms with Crippen LogP contribution in [0, 0.1) is 17.5 Å². The summed E-state index contributed by atoms with van der Waals surface area (Å²) < 4.78 is 39.9. The average Bonchev–Trinajstić information content (AvgIpc) is 2.73. The maximum absolute atomic E-state index is 13.7. The zero-order valence-electron chi connectivity index (χ0n) is 14.7. The van der Waals surface area contributed by atoms with Crippen LogP contribution in [0.25, 0.3) is 0 Å². The lowest BCUT2D eigenvalue weighted by molar-refractivity contribution is 0.0989. The first-order chi connectivity index (χ1) is 13.4. The summed E-state index contributed by atoms with van der Waals surface area (Å²) in [5.41, 5.74) is 0.709. The van der Waals surface area contributed by atoms with Gasteiger partial charge in [-0.05, 0) is 48.5 Å². The van der Waals surface area contributed by atoms with Crippen LogP contribution in [0.2, 0.25) is 0 Å². The Morgan fingerprint density at radius 3 is 2.04 bits per heavy atom. The number of benzene rings is 3. The van der Waals surface area contributed by atoms with Crippen LogP contribution in [0.4, 0.5) is 24.5 Å². The number of nitrogens with zero attached hydrogens (tertiary/aromatic N) is 1. The van der Waals surface area contributed by atoms with Gasteiger partial charge in [0.1, 0.15) is 0 Å². The molecule has 0 bridgehead atoms. The van der Waals surface area contributed by atoms with Crippen molar-refractivity contribution in [2.75, 3.05) is 17.3 Å². The van der Waals surface area contributed by atoms with Gasteiger partial charge in [0.25, 0.3) is 11.8 Å². The Bertz CT molecular complexity index is 1020. The lowest BCUT2D eigenvalue weighted by Crippen LogP contribution is -2.26. The van der Waals surface area contributed by atoms with Crippen molar-refractivity contribution in [3.05, 3.63) is 95.3 Å². The molecule has 3 rings (SSSR count). The lowest BCUT2D eigenvalue weighted by Gasteiger charge is -2.17. The molecule has 0 spiro atoms. The van der Waals surface area contributed by atoms with Crippen LogP contribution in [0.5, 0.6) is 0 Å². The van der Waals surface area contributed by atoms with Crippen LogP contribution in [-0.4, -0.2) is 18.9 Å². The Kier molecular flexibility index (Phi) is 5.44. The van der Waals surface area contributed by atoms with Crippen LogP contribution in [0.3, 0.4) is 0 Å². The highest BCUT2D eigenvalue weighted by molar-refractivity contribution is 6.08. The molecule has 3 aromatic rings. The molecule has 0 aromatic heterocycles. The van der Waals surface area contributed by atoms with Gasteiger partial charge in [-0.3, -0.25) is 9.59 Å². The van der Waals surface area contributed by atoms with E-state index in [-0.39, 0.29) is 11.5 Å². The summed E-state index contributed by atoms with van der Waals surface area (Å²) in [7, 11) is 1.63. The van der Waals surface area contributed by atoms with Crippen molar-refractivity contribution < 1.29 is 22.8 Å². The normalized spacial score (nSPS) is 10.4. The molecule has 0 atom stereocenters. The van der Waals surface area contributed by atoms with Gasteiger partial charge in [0.05, 0.1) is 5.69 Å². The van der Waals surface area contributed by atoms with E-state index in [1.54, 1.807) is 19.2 Å². The molecule has 7 heteroatoms. The van der Waals surface area contributed by atoms with Gasteiger partial charge in [-0.25, -0.2) is 13.2 Å².